The van der Waals surface area contributed by atoms with E-state index < -0.39 is 0 Å². The number of hydrogen-bond acceptors (Lipinski definition) is 4. The predicted molar refractivity (Wildman–Crippen MR) is 79.2 cm³/mol. The Kier molecular flexibility index (Phi) is 4.75. The minimum Gasteiger partial charge on any atom is -0.370 e. The van der Waals surface area contributed by atoms with Gasteiger partial charge in [0, 0.05) is 31.4 Å². The molecule has 0 radical (unpaired) electrons. The minimum absolute atomic E-state index is 0.780. The van der Waals surface area contributed by atoms with Crippen molar-refractivity contribution in [3.63, 3.8) is 0 Å². The Labute approximate surface area is 116 Å². The van der Waals surface area contributed by atoms with Crippen LogP contribution < -0.4 is 5.32 Å². The van der Waals surface area contributed by atoms with Crippen molar-refractivity contribution in [2.75, 3.05) is 25.0 Å². The molecule has 1 fully saturated rings. The summed E-state index contributed by atoms with van der Waals surface area (Å²) in [5.41, 5.74) is 1.05. The number of aromatic nitrogens is 2. The lowest BCUT2D eigenvalue weighted by atomic mass is 10.0. The van der Waals surface area contributed by atoms with Gasteiger partial charge in [0.1, 0.15) is 11.6 Å². The molecule has 2 unspecified atom stereocenters. The van der Waals surface area contributed by atoms with Crippen LogP contribution in [-0.2, 0) is 6.54 Å². The number of aryl methyl sites for hydroxylation is 1. The van der Waals surface area contributed by atoms with Crippen LogP contribution in [0.2, 0.25) is 0 Å². The Bertz CT molecular complexity index is 409. The zero-order chi connectivity index (χ0) is 13.8. The summed E-state index contributed by atoms with van der Waals surface area (Å²) in [4.78, 5) is 11.6. The van der Waals surface area contributed by atoms with Gasteiger partial charge in [0.25, 0.3) is 0 Å². The zero-order valence-corrected chi connectivity index (χ0v) is 12.6. The molecule has 19 heavy (non-hydrogen) atoms. The van der Waals surface area contributed by atoms with Gasteiger partial charge in [0.05, 0.1) is 6.54 Å². The second-order valence-electron chi connectivity index (χ2n) is 5.89. The molecule has 2 rings (SSSR count). The van der Waals surface area contributed by atoms with Crippen LogP contribution in [0.25, 0.3) is 0 Å². The highest BCUT2D eigenvalue weighted by molar-refractivity contribution is 5.35. The molecule has 1 aliphatic heterocycles. The van der Waals surface area contributed by atoms with Crippen molar-refractivity contribution in [1.82, 2.24) is 14.9 Å². The maximum absolute atomic E-state index is 4.62. The van der Waals surface area contributed by atoms with Crippen LogP contribution in [-0.4, -0.2) is 34.5 Å². The van der Waals surface area contributed by atoms with Gasteiger partial charge in [-0.3, -0.25) is 4.90 Å². The molecule has 1 N–H and O–H groups in total. The minimum atomic E-state index is 0.780. The Morgan fingerprint density at radius 1 is 1.26 bits per heavy atom. The monoisotopic (exact) mass is 262 g/mol. The maximum Gasteiger partial charge on any atom is 0.144 e. The van der Waals surface area contributed by atoms with Gasteiger partial charge in [0.15, 0.2) is 0 Å². The fourth-order valence-corrected chi connectivity index (χ4v) is 2.62. The molecule has 1 aromatic rings. The van der Waals surface area contributed by atoms with E-state index in [1.165, 1.54) is 0 Å². The molecule has 0 spiro atoms. The molecular formula is C15H26N4. The van der Waals surface area contributed by atoms with E-state index in [2.05, 4.69) is 41.0 Å². The van der Waals surface area contributed by atoms with E-state index in [9.17, 15) is 0 Å². The van der Waals surface area contributed by atoms with Crippen LogP contribution in [0.15, 0.2) is 6.07 Å². The van der Waals surface area contributed by atoms with Crippen molar-refractivity contribution in [2.24, 2.45) is 11.8 Å². The normalized spacial score (nSPS) is 23.8. The zero-order valence-electron chi connectivity index (χ0n) is 12.6. The highest BCUT2D eigenvalue weighted by Gasteiger charge is 2.26. The Morgan fingerprint density at radius 2 is 1.95 bits per heavy atom. The summed E-state index contributed by atoms with van der Waals surface area (Å²) in [5.74, 6) is 3.47. The summed E-state index contributed by atoms with van der Waals surface area (Å²) >= 11 is 0. The molecule has 1 aromatic heterocycles. The second kappa shape index (κ2) is 6.33. The average Bonchev–Trinajstić information content (AvgIpc) is 2.65. The van der Waals surface area contributed by atoms with E-state index in [0.717, 1.165) is 61.8 Å². The topological polar surface area (TPSA) is 41.1 Å². The third-order valence-corrected chi connectivity index (χ3v) is 3.89. The van der Waals surface area contributed by atoms with Gasteiger partial charge in [-0.05, 0) is 25.2 Å². The Hall–Kier alpha value is -1.16. The summed E-state index contributed by atoms with van der Waals surface area (Å²) in [6.07, 6.45) is 1.11. The molecular weight excluding hydrogens is 236 g/mol. The van der Waals surface area contributed by atoms with E-state index in [0.29, 0.717) is 0 Å². The summed E-state index contributed by atoms with van der Waals surface area (Å²) in [7, 11) is 0. The fourth-order valence-electron chi connectivity index (χ4n) is 2.62. The largest absolute Gasteiger partial charge is 0.370 e. The van der Waals surface area contributed by atoms with E-state index in [-0.39, 0.29) is 0 Å². The maximum atomic E-state index is 4.62. The van der Waals surface area contributed by atoms with Crippen LogP contribution in [0.5, 0.6) is 0 Å². The quantitative estimate of drug-likeness (QED) is 0.886. The molecule has 1 saturated heterocycles. The second-order valence-corrected chi connectivity index (χ2v) is 5.89. The molecule has 2 atom stereocenters. The van der Waals surface area contributed by atoms with Gasteiger partial charge >= 0.3 is 0 Å². The van der Waals surface area contributed by atoms with E-state index in [1.807, 2.05) is 13.0 Å². The molecule has 2 heterocycles. The molecule has 0 bridgehead atoms. The lowest BCUT2D eigenvalue weighted by Gasteiger charge is -2.15. The first-order chi connectivity index (χ1) is 9.08. The van der Waals surface area contributed by atoms with Crippen molar-refractivity contribution in [2.45, 2.75) is 40.7 Å². The number of nitrogens with zero attached hydrogens (tertiary/aromatic N) is 3. The van der Waals surface area contributed by atoms with Crippen LogP contribution in [0.1, 0.15) is 38.7 Å². The van der Waals surface area contributed by atoms with Crippen LogP contribution in [0.4, 0.5) is 5.82 Å². The summed E-state index contributed by atoms with van der Waals surface area (Å²) < 4.78 is 0. The average molecular weight is 262 g/mol. The van der Waals surface area contributed by atoms with Crippen LogP contribution in [0, 0.1) is 18.8 Å². The van der Waals surface area contributed by atoms with Crippen molar-refractivity contribution >= 4 is 5.82 Å². The molecule has 0 saturated carbocycles. The Balaban J connectivity index is 2.01. The number of anilines is 1. The lowest BCUT2D eigenvalue weighted by molar-refractivity contribution is 0.307. The molecule has 4 heteroatoms. The first kappa shape index (κ1) is 14.3. The van der Waals surface area contributed by atoms with E-state index in [1.54, 1.807) is 0 Å². The standard InChI is InChI=1S/C15H26N4/c1-5-6-16-14-7-13(4)17-15(18-14)10-19-8-11(2)12(3)9-19/h7,11-12H,5-6,8-10H2,1-4H3,(H,16,17,18). The highest BCUT2D eigenvalue weighted by atomic mass is 15.2. The number of likely N-dealkylation sites (tertiary alicyclic amines) is 1. The van der Waals surface area contributed by atoms with E-state index in [4.69, 9.17) is 0 Å². The summed E-state index contributed by atoms with van der Waals surface area (Å²) in [5, 5.41) is 3.35. The molecule has 106 valence electrons. The van der Waals surface area contributed by atoms with Gasteiger partial charge in [-0.1, -0.05) is 20.8 Å². The third-order valence-electron chi connectivity index (χ3n) is 3.89. The van der Waals surface area contributed by atoms with Crippen molar-refractivity contribution in [3.05, 3.63) is 17.6 Å². The van der Waals surface area contributed by atoms with Gasteiger partial charge in [-0.25, -0.2) is 9.97 Å². The fraction of sp³-hybridized carbons (Fsp3) is 0.733. The molecule has 0 aliphatic carbocycles. The Morgan fingerprint density at radius 3 is 2.58 bits per heavy atom. The molecule has 1 aliphatic rings. The van der Waals surface area contributed by atoms with Crippen molar-refractivity contribution < 1.29 is 0 Å². The first-order valence-corrected chi connectivity index (χ1v) is 7.39. The first-order valence-electron chi connectivity index (χ1n) is 7.39. The number of nitrogens with one attached hydrogen (secondary N) is 1. The number of hydrogen-bond donors (Lipinski definition) is 1. The molecule has 4 nitrogen and oxygen atoms in total. The van der Waals surface area contributed by atoms with Gasteiger partial charge < -0.3 is 5.32 Å². The third kappa shape index (κ3) is 3.90. The SMILES string of the molecule is CCCNc1cc(C)nc(CN2CC(C)C(C)C2)n1. The van der Waals surface area contributed by atoms with Crippen LogP contribution in [0.3, 0.4) is 0 Å². The number of rotatable bonds is 5. The van der Waals surface area contributed by atoms with Gasteiger partial charge in [-0.2, -0.15) is 0 Å². The van der Waals surface area contributed by atoms with Crippen LogP contribution >= 0.6 is 0 Å². The van der Waals surface area contributed by atoms with Gasteiger partial charge in [-0.15, -0.1) is 0 Å². The van der Waals surface area contributed by atoms with E-state index >= 15 is 0 Å². The van der Waals surface area contributed by atoms with Gasteiger partial charge in [0.2, 0.25) is 0 Å². The van der Waals surface area contributed by atoms with Crippen molar-refractivity contribution in [1.29, 1.82) is 0 Å². The summed E-state index contributed by atoms with van der Waals surface area (Å²) in [6, 6.07) is 2.02. The predicted octanol–water partition coefficient (Wildman–Crippen LogP) is 2.69. The van der Waals surface area contributed by atoms with Crippen molar-refractivity contribution in [3.8, 4) is 0 Å². The highest BCUT2D eigenvalue weighted by Crippen LogP contribution is 2.23. The summed E-state index contributed by atoms with van der Waals surface area (Å²) in [6.45, 7) is 13.0. The smallest absolute Gasteiger partial charge is 0.144 e. The lowest BCUT2D eigenvalue weighted by Crippen LogP contribution is -2.22. The molecule has 0 amide bonds. The molecule has 0 aromatic carbocycles.